The molecule has 2 aromatic carbocycles. The highest BCUT2D eigenvalue weighted by molar-refractivity contribution is 7.08. The second-order valence-corrected chi connectivity index (χ2v) is 8.03. The summed E-state index contributed by atoms with van der Waals surface area (Å²) in [6.45, 7) is 0.782. The highest BCUT2D eigenvalue weighted by Gasteiger charge is 2.29. The largest absolute Gasteiger partial charge is 0.465 e. The first-order valence-electron chi connectivity index (χ1n) is 10.0. The number of thiophene rings is 1. The predicted octanol–water partition coefficient (Wildman–Crippen LogP) is 5.70. The Kier molecular flexibility index (Phi) is 6.48. The number of methoxy groups -OCH3 is 1. The molecule has 0 aliphatic carbocycles. The zero-order chi connectivity index (χ0) is 21.6. The number of nitrogens with zero attached hydrogens (tertiary/aromatic N) is 1. The summed E-state index contributed by atoms with van der Waals surface area (Å²) in [6, 6.07) is 18.6. The van der Waals surface area contributed by atoms with Crippen molar-refractivity contribution in [2.45, 2.75) is 19.1 Å². The minimum atomic E-state index is -0.385. The molecule has 0 radical (unpaired) electrons. The van der Waals surface area contributed by atoms with E-state index >= 15 is 0 Å². The fourth-order valence-corrected chi connectivity index (χ4v) is 4.33. The quantitative estimate of drug-likeness (QED) is 0.484. The van der Waals surface area contributed by atoms with Crippen LogP contribution in [0.15, 0.2) is 77.5 Å². The summed E-state index contributed by atoms with van der Waals surface area (Å²) in [5.74, 6) is -0.385. The van der Waals surface area contributed by atoms with Crippen LogP contribution in [-0.4, -0.2) is 30.6 Å². The van der Waals surface area contributed by atoms with Crippen LogP contribution < -0.4 is 0 Å². The van der Waals surface area contributed by atoms with Gasteiger partial charge in [0.15, 0.2) is 0 Å². The molecular formula is C25H23NO4S. The minimum Gasteiger partial charge on any atom is -0.465 e. The molecule has 1 amide bonds. The lowest BCUT2D eigenvalue weighted by Gasteiger charge is -2.34. The Hall–Kier alpha value is -3.38. The van der Waals surface area contributed by atoms with Crippen LogP contribution >= 0.6 is 11.3 Å². The molecule has 1 atom stereocenters. The fraction of sp³-hybridized carbons (Fsp3) is 0.200. The first kappa shape index (κ1) is 20.9. The molecule has 1 aliphatic heterocycles. The molecule has 31 heavy (non-hydrogen) atoms. The van der Waals surface area contributed by atoms with E-state index in [1.54, 1.807) is 28.4 Å². The van der Waals surface area contributed by atoms with Crippen LogP contribution in [0.4, 0.5) is 4.79 Å². The molecule has 0 fully saturated rings. The van der Waals surface area contributed by atoms with Gasteiger partial charge in [0.1, 0.15) is 6.61 Å². The summed E-state index contributed by atoms with van der Waals surface area (Å²) in [7, 11) is 1.36. The topological polar surface area (TPSA) is 55.8 Å². The van der Waals surface area contributed by atoms with Crippen molar-refractivity contribution in [3.63, 3.8) is 0 Å². The molecule has 3 aromatic rings. The van der Waals surface area contributed by atoms with Gasteiger partial charge in [-0.2, -0.15) is 11.3 Å². The number of carbonyl (C=O) groups is 2. The van der Waals surface area contributed by atoms with Crippen molar-refractivity contribution in [2.24, 2.45) is 0 Å². The lowest BCUT2D eigenvalue weighted by Crippen LogP contribution is -2.37. The Bertz CT molecular complexity index is 1060. The van der Waals surface area contributed by atoms with E-state index in [0.717, 1.165) is 17.5 Å². The van der Waals surface area contributed by atoms with Crippen molar-refractivity contribution in [1.82, 2.24) is 4.90 Å². The van der Waals surface area contributed by atoms with E-state index < -0.39 is 0 Å². The van der Waals surface area contributed by atoms with Crippen LogP contribution in [0.2, 0.25) is 0 Å². The van der Waals surface area contributed by atoms with E-state index in [9.17, 15) is 9.59 Å². The average molecular weight is 434 g/mol. The Balaban J connectivity index is 1.59. The zero-order valence-corrected chi connectivity index (χ0v) is 18.0. The van der Waals surface area contributed by atoms with Crippen molar-refractivity contribution < 1.29 is 19.1 Å². The second-order valence-electron chi connectivity index (χ2n) is 7.25. The third-order valence-electron chi connectivity index (χ3n) is 5.32. The van der Waals surface area contributed by atoms with Gasteiger partial charge in [0.25, 0.3) is 0 Å². The number of hydrogen-bond donors (Lipinski definition) is 0. The minimum absolute atomic E-state index is 0.227. The van der Waals surface area contributed by atoms with E-state index in [-0.39, 0.29) is 24.7 Å². The lowest BCUT2D eigenvalue weighted by atomic mass is 9.93. The number of ether oxygens (including phenoxy) is 2. The number of amides is 1. The summed E-state index contributed by atoms with van der Waals surface area (Å²) in [5, 5.41) is 4.17. The summed E-state index contributed by atoms with van der Waals surface area (Å²) in [5.41, 5.74) is 4.72. The van der Waals surface area contributed by atoms with Gasteiger partial charge in [0, 0.05) is 6.54 Å². The van der Waals surface area contributed by atoms with Crippen LogP contribution in [0, 0.1) is 0 Å². The number of carbonyl (C=O) groups excluding carboxylic acids is 2. The van der Waals surface area contributed by atoms with Crippen molar-refractivity contribution in [2.75, 3.05) is 13.7 Å². The molecule has 6 heteroatoms. The molecule has 1 unspecified atom stereocenters. The molecular weight excluding hydrogens is 410 g/mol. The fourth-order valence-electron chi connectivity index (χ4n) is 3.65. The van der Waals surface area contributed by atoms with Crippen molar-refractivity contribution in [3.8, 4) is 0 Å². The number of rotatable bonds is 5. The summed E-state index contributed by atoms with van der Waals surface area (Å²) in [4.78, 5) is 26.5. The zero-order valence-electron chi connectivity index (χ0n) is 17.2. The second kappa shape index (κ2) is 9.62. The van der Waals surface area contributed by atoms with Crippen LogP contribution in [0.1, 0.15) is 39.5 Å². The first-order chi connectivity index (χ1) is 15.2. The maximum absolute atomic E-state index is 13.0. The molecule has 0 bridgehead atoms. The van der Waals surface area contributed by atoms with Gasteiger partial charge >= 0.3 is 12.1 Å². The van der Waals surface area contributed by atoms with Crippen LogP contribution in [0.3, 0.4) is 0 Å². The number of hydrogen-bond acceptors (Lipinski definition) is 5. The van der Waals surface area contributed by atoms with E-state index in [1.807, 2.05) is 42.5 Å². The van der Waals surface area contributed by atoms with Crippen molar-refractivity contribution in [1.29, 1.82) is 0 Å². The summed E-state index contributed by atoms with van der Waals surface area (Å²) < 4.78 is 10.4. The van der Waals surface area contributed by atoms with Gasteiger partial charge in [0.2, 0.25) is 0 Å². The first-order valence-corrected chi connectivity index (χ1v) is 11.0. The van der Waals surface area contributed by atoms with E-state index in [0.29, 0.717) is 12.1 Å². The predicted molar refractivity (Wildman–Crippen MR) is 121 cm³/mol. The highest BCUT2D eigenvalue weighted by Crippen LogP contribution is 2.35. The number of benzene rings is 2. The van der Waals surface area contributed by atoms with Gasteiger partial charge in [-0.15, -0.1) is 0 Å². The van der Waals surface area contributed by atoms with E-state index in [1.165, 1.54) is 18.2 Å². The molecule has 0 N–H and O–H groups in total. The standard InChI is InChI=1S/C25H23NO4S/c1-29-24(27)20-9-7-19(8-10-20)23-15-21(22-12-14-31-17-22)11-13-26(23)25(28)30-16-18-5-3-2-4-6-18/h2-10,12,14-15,17,23H,11,13,16H2,1H3. The molecule has 2 heterocycles. The lowest BCUT2D eigenvalue weighted by molar-refractivity contribution is 0.0600. The third-order valence-corrected chi connectivity index (χ3v) is 6.01. The summed E-state index contributed by atoms with van der Waals surface area (Å²) in [6.07, 6.45) is 2.52. The molecule has 5 nitrogen and oxygen atoms in total. The van der Waals surface area contributed by atoms with Gasteiger partial charge in [-0.3, -0.25) is 4.90 Å². The average Bonchev–Trinajstić information content (AvgIpc) is 3.37. The Morgan fingerprint density at radius 3 is 2.52 bits per heavy atom. The SMILES string of the molecule is COC(=O)c1ccc(C2C=C(c3ccsc3)CCN2C(=O)OCc2ccccc2)cc1. The van der Waals surface area contributed by atoms with Gasteiger partial charge in [-0.05, 0) is 57.6 Å². The van der Waals surface area contributed by atoms with Gasteiger partial charge in [-0.25, -0.2) is 9.59 Å². The molecule has 0 saturated carbocycles. The Labute approximate surface area is 185 Å². The van der Waals surface area contributed by atoms with Crippen LogP contribution in [0.25, 0.3) is 5.57 Å². The molecule has 1 aromatic heterocycles. The Morgan fingerprint density at radius 2 is 1.84 bits per heavy atom. The molecule has 1 aliphatic rings. The highest BCUT2D eigenvalue weighted by atomic mass is 32.1. The van der Waals surface area contributed by atoms with Crippen molar-refractivity contribution in [3.05, 3.63) is 99.8 Å². The smallest absolute Gasteiger partial charge is 0.410 e. The van der Waals surface area contributed by atoms with Gasteiger partial charge < -0.3 is 9.47 Å². The normalized spacial score (nSPS) is 15.8. The molecule has 4 rings (SSSR count). The molecule has 0 saturated heterocycles. The maximum atomic E-state index is 13.0. The third kappa shape index (κ3) is 4.86. The maximum Gasteiger partial charge on any atom is 0.410 e. The van der Waals surface area contributed by atoms with Crippen molar-refractivity contribution >= 4 is 29.0 Å². The number of esters is 1. The van der Waals surface area contributed by atoms with E-state index in [2.05, 4.69) is 22.9 Å². The molecule has 0 spiro atoms. The monoisotopic (exact) mass is 433 g/mol. The van der Waals surface area contributed by atoms with Crippen LogP contribution in [-0.2, 0) is 16.1 Å². The van der Waals surface area contributed by atoms with Gasteiger partial charge in [0.05, 0.1) is 18.7 Å². The Morgan fingerprint density at radius 1 is 1.06 bits per heavy atom. The van der Waals surface area contributed by atoms with Gasteiger partial charge in [-0.1, -0.05) is 48.5 Å². The van der Waals surface area contributed by atoms with E-state index in [4.69, 9.17) is 9.47 Å². The summed E-state index contributed by atoms with van der Waals surface area (Å²) >= 11 is 1.65. The molecule has 158 valence electrons. The van der Waals surface area contributed by atoms with Crippen LogP contribution in [0.5, 0.6) is 0 Å².